The van der Waals surface area contributed by atoms with E-state index in [9.17, 15) is 4.79 Å². The van der Waals surface area contributed by atoms with Crippen LogP contribution in [0.2, 0.25) is 0 Å². The highest BCUT2D eigenvalue weighted by Crippen LogP contribution is 2.13. The van der Waals surface area contributed by atoms with Gasteiger partial charge >= 0.3 is 6.03 Å². The fourth-order valence-corrected chi connectivity index (χ4v) is 1.72. The molecule has 1 rings (SSSR count). The summed E-state index contributed by atoms with van der Waals surface area (Å²) in [6.07, 6.45) is 0.330. The number of rotatable bonds is 5. The highest BCUT2D eigenvalue weighted by molar-refractivity contribution is 5.89. The van der Waals surface area contributed by atoms with Gasteiger partial charge in [0.05, 0.1) is 12.5 Å². The van der Waals surface area contributed by atoms with Crippen LogP contribution in [-0.4, -0.2) is 24.0 Å². The molecule has 0 unspecified atom stereocenters. The third kappa shape index (κ3) is 5.30. The zero-order chi connectivity index (χ0) is 14.3. The molecule has 0 heterocycles. The lowest BCUT2D eigenvalue weighted by Crippen LogP contribution is -2.38. The van der Waals surface area contributed by atoms with Crippen LogP contribution in [0.25, 0.3) is 0 Å². The highest BCUT2D eigenvalue weighted by Gasteiger charge is 2.14. The van der Waals surface area contributed by atoms with Crippen LogP contribution in [0.15, 0.2) is 24.3 Å². The zero-order valence-electron chi connectivity index (χ0n) is 11.4. The molecule has 5 nitrogen and oxygen atoms in total. The first kappa shape index (κ1) is 14.8. The van der Waals surface area contributed by atoms with Crippen LogP contribution < -0.4 is 11.1 Å². The van der Waals surface area contributed by atoms with Gasteiger partial charge in [-0.05, 0) is 24.1 Å². The maximum Gasteiger partial charge on any atom is 0.321 e. The normalized spacial score (nSPS) is 10.0. The van der Waals surface area contributed by atoms with Crippen LogP contribution >= 0.6 is 0 Å². The molecule has 0 radical (unpaired) electrons. The highest BCUT2D eigenvalue weighted by atomic mass is 16.2. The van der Waals surface area contributed by atoms with Gasteiger partial charge in [-0.15, -0.1) is 0 Å². The van der Waals surface area contributed by atoms with Crippen LogP contribution in [0.5, 0.6) is 0 Å². The van der Waals surface area contributed by atoms with Gasteiger partial charge in [-0.3, -0.25) is 0 Å². The fourth-order valence-electron chi connectivity index (χ4n) is 1.72. The molecule has 1 aromatic rings. The van der Waals surface area contributed by atoms with Gasteiger partial charge in [0.25, 0.3) is 0 Å². The molecule has 5 heteroatoms. The Morgan fingerprint density at radius 1 is 1.53 bits per heavy atom. The molecule has 0 atom stereocenters. The molecule has 1 aromatic carbocycles. The average Bonchev–Trinajstić information content (AvgIpc) is 2.34. The number of nitrogens with two attached hydrogens (primary N) is 1. The van der Waals surface area contributed by atoms with E-state index in [1.807, 2.05) is 13.8 Å². The van der Waals surface area contributed by atoms with E-state index >= 15 is 0 Å². The lowest BCUT2D eigenvalue weighted by atomic mass is 10.2. The van der Waals surface area contributed by atoms with Crippen LogP contribution in [0.1, 0.15) is 20.3 Å². The van der Waals surface area contributed by atoms with Gasteiger partial charge in [-0.25, -0.2) is 4.79 Å². The minimum atomic E-state index is -0.199. The summed E-state index contributed by atoms with van der Waals surface area (Å²) in [7, 11) is 0. The number of hydrogen-bond acceptors (Lipinski definition) is 3. The second kappa shape index (κ2) is 7.27. The maximum absolute atomic E-state index is 12.1. The number of carbonyl (C=O) groups is 1. The maximum atomic E-state index is 12.1. The van der Waals surface area contributed by atoms with Crippen molar-refractivity contribution in [2.75, 3.05) is 24.1 Å². The van der Waals surface area contributed by atoms with Gasteiger partial charge in [0.2, 0.25) is 0 Å². The lowest BCUT2D eigenvalue weighted by Gasteiger charge is -2.24. The topological polar surface area (TPSA) is 82.2 Å². The zero-order valence-corrected chi connectivity index (χ0v) is 11.4. The SMILES string of the molecule is CC(C)CN(CCC#N)C(=O)Nc1cccc(N)c1. The monoisotopic (exact) mass is 260 g/mol. The molecule has 0 aliphatic rings. The Morgan fingerprint density at radius 3 is 2.84 bits per heavy atom. The molecule has 0 saturated heterocycles. The summed E-state index contributed by atoms with van der Waals surface area (Å²) in [5.74, 6) is 0.352. The van der Waals surface area contributed by atoms with Crippen molar-refractivity contribution in [3.8, 4) is 6.07 Å². The van der Waals surface area contributed by atoms with E-state index in [-0.39, 0.29) is 6.03 Å². The number of nitrogens with one attached hydrogen (secondary N) is 1. The Bertz CT molecular complexity index is 465. The van der Waals surface area contributed by atoms with Gasteiger partial charge in [0.15, 0.2) is 0 Å². The fraction of sp³-hybridized carbons (Fsp3) is 0.429. The van der Waals surface area contributed by atoms with E-state index in [4.69, 9.17) is 11.0 Å². The second-order valence-electron chi connectivity index (χ2n) is 4.80. The molecule has 0 fully saturated rings. The van der Waals surface area contributed by atoms with E-state index in [2.05, 4.69) is 11.4 Å². The second-order valence-corrected chi connectivity index (χ2v) is 4.80. The van der Waals surface area contributed by atoms with E-state index in [1.165, 1.54) is 0 Å². The first-order valence-electron chi connectivity index (χ1n) is 6.31. The molecular formula is C14H20N4O. The summed E-state index contributed by atoms with van der Waals surface area (Å²) < 4.78 is 0. The number of carbonyl (C=O) groups excluding carboxylic acids is 1. The Hall–Kier alpha value is -2.22. The summed E-state index contributed by atoms with van der Waals surface area (Å²) in [5, 5.41) is 11.4. The van der Waals surface area contributed by atoms with E-state index in [0.29, 0.717) is 36.8 Å². The van der Waals surface area contributed by atoms with Crippen molar-refractivity contribution in [1.29, 1.82) is 5.26 Å². The number of nitrogens with zero attached hydrogens (tertiary/aromatic N) is 2. The van der Waals surface area contributed by atoms with Crippen molar-refractivity contribution in [3.63, 3.8) is 0 Å². The van der Waals surface area contributed by atoms with Gasteiger partial charge in [0.1, 0.15) is 0 Å². The molecule has 0 saturated carbocycles. The van der Waals surface area contributed by atoms with Crippen LogP contribution in [0.4, 0.5) is 16.2 Å². The molecule has 3 N–H and O–H groups in total. The van der Waals surface area contributed by atoms with Crippen LogP contribution in [0.3, 0.4) is 0 Å². The average molecular weight is 260 g/mol. The van der Waals surface area contributed by atoms with Crippen molar-refractivity contribution >= 4 is 17.4 Å². The smallest absolute Gasteiger partial charge is 0.321 e. The van der Waals surface area contributed by atoms with Gasteiger partial charge in [0, 0.05) is 24.5 Å². The van der Waals surface area contributed by atoms with Gasteiger partial charge in [-0.2, -0.15) is 5.26 Å². The minimum Gasteiger partial charge on any atom is -0.399 e. The predicted molar refractivity (Wildman–Crippen MR) is 76.5 cm³/mol. The standard InChI is InChI=1S/C14H20N4O/c1-11(2)10-18(8-4-7-15)14(19)17-13-6-3-5-12(16)9-13/h3,5-6,9,11H,4,8,10,16H2,1-2H3,(H,17,19). The Kier molecular flexibility index (Phi) is 5.68. The van der Waals surface area contributed by atoms with Crippen molar-refractivity contribution in [3.05, 3.63) is 24.3 Å². The number of nitriles is 1. The van der Waals surface area contributed by atoms with Gasteiger partial charge in [-0.1, -0.05) is 19.9 Å². The van der Waals surface area contributed by atoms with E-state index < -0.39 is 0 Å². The first-order valence-corrected chi connectivity index (χ1v) is 6.31. The Balaban J connectivity index is 2.68. The number of hydrogen-bond donors (Lipinski definition) is 2. The van der Waals surface area contributed by atoms with E-state index in [1.54, 1.807) is 29.2 Å². The summed E-state index contributed by atoms with van der Waals surface area (Å²) in [5.41, 5.74) is 6.93. The lowest BCUT2D eigenvalue weighted by molar-refractivity contribution is 0.206. The molecule has 19 heavy (non-hydrogen) atoms. The molecular weight excluding hydrogens is 240 g/mol. The van der Waals surface area contributed by atoms with Crippen molar-refractivity contribution in [1.82, 2.24) is 4.90 Å². The molecule has 2 amide bonds. The van der Waals surface area contributed by atoms with Crippen molar-refractivity contribution in [2.24, 2.45) is 5.92 Å². The molecule has 0 aliphatic carbocycles. The summed E-state index contributed by atoms with van der Waals surface area (Å²) in [6.45, 7) is 5.12. The minimum absolute atomic E-state index is 0.199. The van der Waals surface area contributed by atoms with Gasteiger partial charge < -0.3 is 16.0 Å². The molecule has 0 bridgehead atoms. The number of urea groups is 1. The predicted octanol–water partition coefficient (Wildman–Crippen LogP) is 2.67. The Morgan fingerprint density at radius 2 is 2.26 bits per heavy atom. The first-order chi connectivity index (χ1) is 9.02. The molecule has 102 valence electrons. The third-order valence-corrected chi connectivity index (χ3v) is 2.50. The van der Waals surface area contributed by atoms with Crippen LogP contribution in [0, 0.1) is 17.2 Å². The number of nitrogen functional groups attached to an aromatic ring is 1. The molecule has 0 aromatic heterocycles. The van der Waals surface area contributed by atoms with Crippen molar-refractivity contribution in [2.45, 2.75) is 20.3 Å². The quantitative estimate of drug-likeness (QED) is 0.798. The summed E-state index contributed by atoms with van der Waals surface area (Å²) >= 11 is 0. The number of amides is 2. The van der Waals surface area contributed by atoms with Crippen molar-refractivity contribution < 1.29 is 4.79 Å². The molecule has 0 aliphatic heterocycles. The molecule has 0 spiro atoms. The number of benzene rings is 1. The van der Waals surface area contributed by atoms with E-state index in [0.717, 1.165) is 0 Å². The largest absolute Gasteiger partial charge is 0.399 e. The third-order valence-electron chi connectivity index (χ3n) is 2.50. The summed E-state index contributed by atoms with van der Waals surface area (Å²) in [4.78, 5) is 13.8. The number of anilines is 2. The van der Waals surface area contributed by atoms with Crippen LogP contribution in [-0.2, 0) is 0 Å². The summed E-state index contributed by atoms with van der Waals surface area (Å²) in [6, 6.07) is 8.89. The Labute approximate surface area is 114 Å².